The lowest BCUT2D eigenvalue weighted by atomic mass is 10.1. The van der Waals surface area contributed by atoms with Crippen molar-refractivity contribution in [2.24, 2.45) is 0 Å². The molecule has 0 aliphatic carbocycles. The summed E-state index contributed by atoms with van der Waals surface area (Å²) in [6.07, 6.45) is 3.79. The molecule has 92 valence electrons. The van der Waals surface area contributed by atoms with E-state index in [2.05, 4.69) is 5.32 Å². The first-order chi connectivity index (χ1) is 7.57. The van der Waals surface area contributed by atoms with E-state index >= 15 is 0 Å². The van der Waals surface area contributed by atoms with Gasteiger partial charge in [0.2, 0.25) is 5.91 Å². The summed E-state index contributed by atoms with van der Waals surface area (Å²) in [5.74, 6) is 1.42. The van der Waals surface area contributed by atoms with Gasteiger partial charge in [0.15, 0.2) is 9.84 Å². The minimum Gasteiger partial charge on any atom is -0.351 e. The minimum absolute atomic E-state index is 0.0341. The Bertz CT molecular complexity index is 360. The highest BCUT2D eigenvalue weighted by atomic mass is 32.2. The van der Waals surface area contributed by atoms with Crippen molar-refractivity contribution in [3.05, 3.63) is 0 Å². The third kappa shape index (κ3) is 3.13. The van der Waals surface area contributed by atoms with Crippen molar-refractivity contribution in [3.8, 4) is 0 Å². The van der Waals surface area contributed by atoms with Gasteiger partial charge in [0.25, 0.3) is 0 Å². The zero-order valence-electron chi connectivity index (χ0n) is 9.15. The summed E-state index contributed by atoms with van der Waals surface area (Å²) in [5, 5.41) is 2.90. The number of carbonyl (C=O) groups is 1. The van der Waals surface area contributed by atoms with Gasteiger partial charge in [0.1, 0.15) is 0 Å². The molecule has 6 heteroatoms. The van der Waals surface area contributed by atoms with Crippen LogP contribution in [0.15, 0.2) is 0 Å². The fourth-order valence-corrected chi connectivity index (χ4v) is 5.03. The minimum atomic E-state index is -2.89. The van der Waals surface area contributed by atoms with E-state index in [0.29, 0.717) is 6.42 Å². The molecule has 1 N–H and O–H groups in total. The molecule has 2 rings (SSSR count). The SMILES string of the molecule is O=C(NC1CCS(=O)(=O)C1)C1CCCCS1. The fraction of sp³-hybridized carbons (Fsp3) is 0.900. The Morgan fingerprint density at radius 1 is 1.25 bits per heavy atom. The molecule has 0 aromatic rings. The largest absolute Gasteiger partial charge is 0.351 e. The van der Waals surface area contributed by atoms with Crippen LogP contribution in [0.2, 0.25) is 0 Å². The molecule has 1 amide bonds. The number of rotatable bonds is 2. The van der Waals surface area contributed by atoms with E-state index in [1.807, 2.05) is 0 Å². The normalized spacial score (nSPS) is 33.5. The predicted octanol–water partition coefficient (Wildman–Crippen LogP) is 0.575. The van der Waals surface area contributed by atoms with Gasteiger partial charge in [-0.2, -0.15) is 0 Å². The zero-order valence-corrected chi connectivity index (χ0v) is 10.8. The standard InChI is InChI=1S/C10H17NO3S2/c12-10(9-3-1-2-5-15-9)11-8-4-6-16(13,14)7-8/h8-9H,1-7H2,(H,11,12). The fourth-order valence-electron chi connectivity index (χ4n) is 2.15. The smallest absolute Gasteiger partial charge is 0.233 e. The van der Waals surface area contributed by atoms with Crippen molar-refractivity contribution < 1.29 is 13.2 Å². The van der Waals surface area contributed by atoms with E-state index < -0.39 is 9.84 Å². The number of hydrogen-bond acceptors (Lipinski definition) is 4. The molecule has 2 fully saturated rings. The summed E-state index contributed by atoms with van der Waals surface area (Å²) in [6, 6.07) is -0.153. The van der Waals surface area contributed by atoms with Crippen LogP contribution in [0.4, 0.5) is 0 Å². The van der Waals surface area contributed by atoms with E-state index in [9.17, 15) is 13.2 Å². The molecule has 4 nitrogen and oxygen atoms in total. The maximum Gasteiger partial charge on any atom is 0.233 e. The average molecular weight is 263 g/mol. The maximum absolute atomic E-state index is 11.8. The van der Waals surface area contributed by atoms with Crippen LogP contribution in [-0.4, -0.2) is 42.9 Å². The van der Waals surface area contributed by atoms with Gasteiger partial charge in [-0.3, -0.25) is 4.79 Å². The van der Waals surface area contributed by atoms with Crippen LogP contribution >= 0.6 is 11.8 Å². The van der Waals surface area contributed by atoms with E-state index in [-0.39, 0.29) is 28.7 Å². The Balaban J connectivity index is 1.83. The topological polar surface area (TPSA) is 63.2 Å². The number of nitrogens with one attached hydrogen (secondary N) is 1. The molecule has 2 atom stereocenters. The van der Waals surface area contributed by atoms with Gasteiger partial charge in [-0.15, -0.1) is 11.8 Å². The monoisotopic (exact) mass is 263 g/mol. The Morgan fingerprint density at radius 2 is 2.06 bits per heavy atom. The lowest BCUT2D eigenvalue weighted by molar-refractivity contribution is -0.121. The summed E-state index contributed by atoms with van der Waals surface area (Å²) in [4.78, 5) is 11.8. The molecule has 0 spiro atoms. The van der Waals surface area contributed by atoms with Crippen LogP contribution in [0.25, 0.3) is 0 Å². The van der Waals surface area contributed by atoms with Crippen molar-refractivity contribution in [2.75, 3.05) is 17.3 Å². The molecule has 2 heterocycles. The van der Waals surface area contributed by atoms with Gasteiger partial charge in [0, 0.05) is 6.04 Å². The molecule has 0 radical (unpaired) electrons. The van der Waals surface area contributed by atoms with Crippen LogP contribution in [0.3, 0.4) is 0 Å². The molecule has 0 saturated carbocycles. The maximum atomic E-state index is 11.8. The highest BCUT2D eigenvalue weighted by Gasteiger charge is 2.31. The highest BCUT2D eigenvalue weighted by Crippen LogP contribution is 2.25. The number of thioether (sulfide) groups is 1. The van der Waals surface area contributed by atoms with Crippen LogP contribution in [0.5, 0.6) is 0 Å². The molecule has 2 aliphatic heterocycles. The van der Waals surface area contributed by atoms with Gasteiger partial charge in [-0.1, -0.05) is 6.42 Å². The van der Waals surface area contributed by atoms with E-state index in [1.54, 1.807) is 11.8 Å². The van der Waals surface area contributed by atoms with Gasteiger partial charge in [0.05, 0.1) is 16.8 Å². The molecule has 0 aromatic carbocycles. The average Bonchev–Trinajstić information content (AvgIpc) is 2.59. The number of hydrogen-bond donors (Lipinski definition) is 1. The van der Waals surface area contributed by atoms with Gasteiger partial charge in [-0.25, -0.2) is 8.42 Å². The van der Waals surface area contributed by atoms with Gasteiger partial charge >= 0.3 is 0 Å². The quantitative estimate of drug-likeness (QED) is 0.791. The number of amides is 1. The van der Waals surface area contributed by atoms with Crippen molar-refractivity contribution in [1.82, 2.24) is 5.32 Å². The summed E-state index contributed by atoms with van der Waals surface area (Å²) in [6.45, 7) is 0. The van der Waals surface area contributed by atoms with Crippen LogP contribution in [-0.2, 0) is 14.6 Å². The lowest BCUT2D eigenvalue weighted by Gasteiger charge is -2.22. The van der Waals surface area contributed by atoms with E-state index in [0.717, 1.165) is 18.6 Å². The second-order valence-corrected chi connectivity index (χ2v) is 8.00. The van der Waals surface area contributed by atoms with Crippen LogP contribution in [0, 0.1) is 0 Å². The first kappa shape index (κ1) is 12.2. The van der Waals surface area contributed by atoms with Crippen molar-refractivity contribution in [3.63, 3.8) is 0 Å². The number of carbonyl (C=O) groups excluding carboxylic acids is 1. The Labute approximate surface area is 100 Å². The molecule has 2 unspecified atom stereocenters. The molecular formula is C10H17NO3S2. The summed E-state index contributed by atoms with van der Waals surface area (Å²) in [7, 11) is -2.89. The van der Waals surface area contributed by atoms with Gasteiger partial charge in [-0.05, 0) is 25.0 Å². The Hall–Kier alpha value is -0.230. The predicted molar refractivity (Wildman–Crippen MR) is 65.3 cm³/mol. The molecule has 0 bridgehead atoms. The molecule has 2 saturated heterocycles. The second kappa shape index (κ2) is 4.96. The molecule has 0 aromatic heterocycles. The van der Waals surface area contributed by atoms with Crippen molar-refractivity contribution >= 4 is 27.5 Å². The summed E-state index contributed by atoms with van der Waals surface area (Å²) >= 11 is 1.69. The zero-order chi connectivity index (χ0) is 11.6. The van der Waals surface area contributed by atoms with Crippen molar-refractivity contribution in [2.45, 2.75) is 37.0 Å². The summed E-state index contributed by atoms with van der Waals surface area (Å²) < 4.78 is 22.5. The highest BCUT2D eigenvalue weighted by molar-refractivity contribution is 8.00. The first-order valence-electron chi connectivity index (χ1n) is 5.69. The van der Waals surface area contributed by atoms with Crippen LogP contribution in [0.1, 0.15) is 25.7 Å². The summed E-state index contributed by atoms with van der Waals surface area (Å²) in [5.41, 5.74) is 0. The first-order valence-corrected chi connectivity index (χ1v) is 8.56. The number of sulfone groups is 1. The molecule has 2 aliphatic rings. The molecular weight excluding hydrogens is 246 g/mol. The van der Waals surface area contributed by atoms with E-state index in [4.69, 9.17) is 0 Å². The molecule has 16 heavy (non-hydrogen) atoms. The Morgan fingerprint density at radius 3 is 2.62 bits per heavy atom. The second-order valence-electron chi connectivity index (χ2n) is 4.46. The van der Waals surface area contributed by atoms with E-state index in [1.165, 1.54) is 6.42 Å². The Kier molecular flexibility index (Phi) is 3.79. The third-order valence-corrected chi connectivity index (χ3v) is 6.20. The van der Waals surface area contributed by atoms with Gasteiger partial charge < -0.3 is 5.32 Å². The lowest BCUT2D eigenvalue weighted by Crippen LogP contribution is -2.41. The van der Waals surface area contributed by atoms with Crippen LogP contribution < -0.4 is 5.32 Å². The third-order valence-electron chi connectivity index (χ3n) is 3.05. The van der Waals surface area contributed by atoms with Crippen molar-refractivity contribution in [1.29, 1.82) is 0 Å².